The standard InChI is InChI=1S/C23H27N3O3/c1-2-15-28-20-9-5-6-10-21(20)29-16-22(27)26-13-11-17(12-14-26)23-24-18-7-3-4-8-19(18)25-23/h3-10,17H,2,11-16H2,1H3,(H,24,25). The van der Waals surface area contributed by atoms with E-state index in [0.717, 1.165) is 49.2 Å². The lowest BCUT2D eigenvalue weighted by molar-refractivity contribution is -0.134. The molecule has 0 spiro atoms. The maximum absolute atomic E-state index is 12.6. The van der Waals surface area contributed by atoms with Gasteiger partial charge in [-0.15, -0.1) is 0 Å². The Morgan fingerprint density at radius 3 is 2.48 bits per heavy atom. The van der Waals surface area contributed by atoms with Crippen LogP contribution in [0.5, 0.6) is 11.5 Å². The van der Waals surface area contributed by atoms with Crippen LogP contribution in [0.4, 0.5) is 0 Å². The number of hydrogen-bond donors (Lipinski definition) is 1. The summed E-state index contributed by atoms with van der Waals surface area (Å²) in [6.45, 7) is 4.16. The Balaban J connectivity index is 1.30. The molecule has 1 amide bonds. The van der Waals surface area contributed by atoms with E-state index in [1.807, 2.05) is 53.4 Å². The second kappa shape index (κ2) is 8.99. The van der Waals surface area contributed by atoms with E-state index in [0.29, 0.717) is 24.0 Å². The molecule has 2 heterocycles. The van der Waals surface area contributed by atoms with Gasteiger partial charge in [0.2, 0.25) is 0 Å². The summed E-state index contributed by atoms with van der Waals surface area (Å²) < 4.78 is 11.5. The van der Waals surface area contributed by atoms with Crippen LogP contribution in [-0.2, 0) is 4.79 Å². The lowest BCUT2D eigenvalue weighted by atomic mass is 9.96. The van der Waals surface area contributed by atoms with Crippen LogP contribution >= 0.6 is 0 Å². The number of H-pyrrole nitrogens is 1. The molecule has 6 nitrogen and oxygen atoms in total. The van der Waals surface area contributed by atoms with Crippen LogP contribution < -0.4 is 9.47 Å². The van der Waals surface area contributed by atoms with E-state index in [9.17, 15) is 4.79 Å². The summed E-state index contributed by atoms with van der Waals surface area (Å²) in [6, 6.07) is 15.6. The van der Waals surface area contributed by atoms with Crippen LogP contribution in [-0.4, -0.2) is 47.1 Å². The molecule has 4 rings (SSSR count). The van der Waals surface area contributed by atoms with E-state index in [1.54, 1.807) is 0 Å². The number of carbonyl (C=O) groups is 1. The first-order valence-electron chi connectivity index (χ1n) is 10.3. The van der Waals surface area contributed by atoms with Crippen LogP contribution in [0.2, 0.25) is 0 Å². The molecule has 1 aliphatic rings. The smallest absolute Gasteiger partial charge is 0.260 e. The minimum absolute atomic E-state index is 0.0124. The fourth-order valence-electron chi connectivity index (χ4n) is 3.70. The van der Waals surface area contributed by atoms with Gasteiger partial charge >= 0.3 is 0 Å². The number of nitrogens with zero attached hydrogens (tertiary/aromatic N) is 2. The van der Waals surface area contributed by atoms with Crippen LogP contribution in [0, 0.1) is 0 Å². The Morgan fingerprint density at radius 2 is 1.76 bits per heavy atom. The molecule has 6 heteroatoms. The highest BCUT2D eigenvalue weighted by Crippen LogP contribution is 2.29. The molecule has 1 aromatic heterocycles. The van der Waals surface area contributed by atoms with Crippen LogP contribution in [0.1, 0.15) is 37.9 Å². The SMILES string of the molecule is CCCOc1ccccc1OCC(=O)N1CCC(c2nc3ccccc3[nH]2)CC1. The van der Waals surface area contributed by atoms with Gasteiger partial charge in [0.05, 0.1) is 17.6 Å². The van der Waals surface area contributed by atoms with Crippen molar-refractivity contribution in [3.63, 3.8) is 0 Å². The van der Waals surface area contributed by atoms with Crippen molar-refractivity contribution in [2.75, 3.05) is 26.3 Å². The highest BCUT2D eigenvalue weighted by Gasteiger charge is 2.26. The van der Waals surface area contributed by atoms with E-state index in [4.69, 9.17) is 14.5 Å². The van der Waals surface area contributed by atoms with Crippen LogP contribution in [0.15, 0.2) is 48.5 Å². The van der Waals surface area contributed by atoms with Crippen molar-refractivity contribution in [1.29, 1.82) is 0 Å². The number of piperidine rings is 1. The van der Waals surface area contributed by atoms with Gasteiger partial charge in [0.1, 0.15) is 5.82 Å². The van der Waals surface area contributed by atoms with Gasteiger partial charge in [0, 0.05) is 19.0 Å². The molecule has 0 unspecified atom stereocenters. The molecule has 3 aromatic rings. The van der Waals surface area contributed by atoms with Crippen LogP contribution in [0.25, 0.3) is 11.0 Å². The van der Waals surface area contributed by atoms with Gasteiger partial charge in [-0.05, 0) is 43.5 Å². The third kappa shape index (κ3) is 4.53. The molecule has 1 saturated heterocycles. The number of aromatic nitrogens is 2. The summed E-state index contributed by atoms with van der Waals surface area (Å²) in [4.78, 5) is 22.6. The number of nitrogens with one attached hydrogen (secondary N) is 1. The Morgan fingerprint density at radius 1 is 1.07 bits per heavy atom. The van der Waals surface area contributed by atoms with Crippen molar-refractivity contribution in [2.24, 2.45) is 0 Å². The number of aromatic amines is 1. The second-order valence-electron chi connectivity index (χ2n) is 7.38. The minimum atomic E-state index is 0.0124. The van der Waals surface area contributed by atoms with Crippen LogP contribution in [0.3, 0.4) is 0 Å². The van der Waals surface area contributed by atoms with Gasteiger partial charge in [0.15, 0.2) is 18.1 Å². The fourth-order valence-corrected chi connectivity index (χ4v) is 3.70. The van der Waals surface area contributed by atoms with Gasteiger partial charge in [-0.2, -0.15) is 0 Å². The van der Waals surface area contributed by atoms with Gasteiger partial charge in [-0.3, -0.25) is 4.79 Å². The molecule has 0 radical (unpaired) electrons. The van der Waals surface area contributed by atoms with Crippen molar-refractivity contribution in [1.82, 2.24) is 14.9 Å². The van der Waals surface area contributed by atoms with Gasteiger partial charge in [-0.25, -0.2) is 4.98 Å². The number of amides is 1. The molecule has 0 atom stereocenters. The lowest BCUT2D eigenvalue weighted by Crippen LogP contribution is -2.40. The van der Waals surface area contributed by atoms with E-state index in [-0.39, 0.29) is 12.5 Å². The summed E-state index contributed by atoms with van der Waals surface area (Å²) in [6.07, 6.45) is 2.73. The monoisotopic (exact) mass is 393 g/mol. The van der Waals surface area contributed by atoms with E-state index >= 15 is 0 Å². The number of para-hydroxylation sites is 4. The molecule has 0 saturated carbocycles. The molecule has 1 N–H and O–H groups in total. The number of carbonyl (C=O) groups excluding carboxylic acids is 1. The predicted molar refractivity (Wildman–Crippen MR) is 112 cm³/mol. The number of benzene rings is 2. The molecule has 0 aliphatic carbocycles. The molecule has 1 aliphatic heterocycles. The van der Waals surface area contributed by atoms with Gasteiger partial charge in [-0.1, -0.05) is 31.2 Å². The molecular formula is C23H27N3O3. The Hall–Kier alpha value is -3.02. The quantitative estimate of drug-likeness (QED) is 0.655. The fraction of sp³-hybridized carbons (Fsp3) is 0.391. The highest BCUT2D eigenvalue weighted by molar-refractivity contribution is 5.78. The third-order valence-electron chi connectivity index (χ3n) is 5.30. The second-order valence-corrected chi connectivity index (χ2v) is 7.38. The molecule has 1 fully saturated rings. The molecular weight excluding hydrogens is 366 g/mol. The van der Waals surface area contributed by atoms with E-state index in [1.165, 1.54) is 0 Å². The number of ether oxygens (including phenoxy) is 2. The Bertz CT molecular complexity index is 928. The molecule has 2 aromatic carbocycles. The Labute approximate surface area is 170 Å². The average Bonchev–Trinajstić information content (AvgIpc) is 3.21. The molecule has 29 heavy (non-hydrogen) atoms. The van der Waals surface area contributed by atoms with Crippen molar-refractivity contribution < 1.29 is 14.3 Å². The van der Waals surface area contributed by atoms with E-state index < -0.39 is 0 Å². The summed E-state index contributed by atoms with van der Waals surface area (Å²) in [5, 5.41) is 0. The zero-order valence-electron chi connectivity index (χ0n) is 16.8. The number of hydrogen-bond acceptors (Lipinski definition) is 4. The average molecular weight is 393 g/mol. The summed E-state index contributed by atoms with van der Waals surface area (Å²) >= 11 is 0. The first-order valence-corrected chi connectivity index (χ1v) is 10.3. The first kappa shape index (κ1) is 19.3. The predicted octanol–water partition coefficient (Wildman–Crippen LogP) is 4.14. The highest BCUT2D eigenvalue weighted by atomic mass is 16.5. The maximum atomic E-state index is 12.6. The summed E-state index contributed by atoms with van der Waals surface area (Å²) in [5.41, 5.74) is 2.07. The van der Waals surface area contributed by atoms with Crippen molar-refractivity contribution in [3.8, 4) is 11.5 Å². The zero-order valence-corrected chi connectivity index (χ0v) is 16.8. The maximum Gasteiger partial charge on any atom is 0.260 e. The topological polar surface area (TPSA) is 67.5 Å². The zero-order chi connectivity index (χ0) is 20.1. The van der Waals surface area contributed by atoms with Crippen molar-refractivity contribution >= 4 is 16.9 Å². The van der Waals surface area contributed by atoms with Gasteiger partial charge < -0.3 is 19.4 Å². The normalized spacial score (nSPS) is 14.9. The third-order valence-corrected chi connectivity index (χ3v) is 5.30. The molecule has 152 valence electrons. The van der Waals surface area contributed by atoms with E-state index in [2.05, 4.69) is 11.9 Å². The Kier molecular flexibility index (Phi) is 5.98. The summed E-state index contributed by atoms with van der Waals surface area (Å²) in [5.74, 6) is 2.70. The van der Waals surface area contributed by atoms with Gasteiger partial charge in [0.25, 0.3) is 5.91 Å². The summed E-state index contributed by atoms with van der Waals surface area (Å²) in [7, 11) is 0. The molecule has 0 bridgehead atoms. The number of likely N-dealkylation sites (tertiary alicyclic amines) is 1. The lowest BCUT2D eigenvalue weighted by Gasteiger charge is -2.31. The number of fused-ring (bicyclic) bond motifs is 1. The number of imidazole rings is 1. The first-order chi connectivity index (χ1) is 14.2. The number of rotatable bonds is 7. The largest absolute Gasteiger partial charge is 0.490 e. The van der Waals surface area contributed by atoms with Crippen molar-refractivity contribution in [2.45, 2.75) is 32.1 Å². The minimum Gasteiger partial charge on any atom is -0.490 e. The van der Waals surface area contributed by atoms with Crippen molar-refractivity contribution in [3.05, 3.63) is 54.4 Å².